The molecule has 21 heavy (non-hydrogen) atoms. The molecule has 0 aliphatic heterocycles. The smallest absolute Gasteiger partial charge is 0.372 e. The number of furan rings is 1. The van der Waals surface area contributed by atoms with Gasteiger partial charge in [-0.15, -0.1) is 0 Å². The number of benzene rings is 2. The number of carbonyl (C=O) groups is 1. The summed E-state index contributed by atoms with van der Waals surface area (Å²) in [6, 6.07) is 14.2. The van der Waals surface area contributed by atoms with Gasteiger partial charge in [0.15, 0.2) is 0 Å². The molecule has 0 bridgehead atoms. The predicted molar refractivity (Wildman–Crippen MR) is 79.0 cm³/mol. The molecule has 0 aliphatic carbocycles. The standard InChI is InChI=1S/C16H11ClO4/c17-12-6-2-4-8-14(12)20-9-11-10-5-1-3-7-13(10)21-15(11)16(18)19/h1-8H,9H2,(H,18,19). The van der Waals surface area contributed by atoms with Crippen molar-refractivity contribution in [2.45, 2.75) is 6.61 Å². The lowest BCUT2D eigenvalue weighted by Gasteiger charge is -2.07. The topological polar surface area (TPSA) is 59.7 Å². The SMILES string of the molecule is O=C(O)c1oc2ccccc2c1COc1ccccc1Cl. The normalized spacial score (nSPS) is 10.7. The highest BCUT2D eigenvalue weighted by Crippen LogP contribution is 2.29. The molecule has 5 heteroatoms. The van der Waals surface area contributed by atoms with Crippen molar-refractivity contribution in [1.82, 2.24) is 0 Å². The van der Waals surface area contributed by atoms with Gasteiger partial charge in [-0.3, -0.25) is 0 Å². The molecule has 0 saturated carbocycles. The van der Waals surface area contributed by atoms with Crippen LogP contribution in [0.2, 0.25) is 5.02 Å². The second-order valence-electron chi connectivity index (χ2n) is 4.43. The van der Waals surface area contributed by atoms with Crippen molar-refractivity contribution in [2.24, 2.45) is 0 Å². The number of para-hydroxylation sites is 2. The van der Waals surface area contributed by atoms with Crippen molar-refractivity contribution in [2.75, 3.05) is 0 Å². The third kappa shape index (κ3) is 2.58. The summed E-state index contributed by atoms with van der Waals surface area (Å²) in [5, 5.41) is 10.4. The third-order valence-electron chi connectivity index (χ3n) is 3.10. The molecule has 4 nitrogen and oxygen atoms in total. The molecule has 3 rings (SSSR count). The number of rotatable bonds is 4. The monoisotopic (exact) mass is 302 g/mol. The van der Waals surface area contributed by atoms with Gasteiger partial charge in [-0.25, -0.2) is 4.79 Å². The van der Waals surface area contributed by atoms with Crippen LogP contribution in [-0.4, -0.2) is 11.1 Å². The summed E-state index contributed by atoms with van der Waals surface area (Å²) in [4.78, 5) is 11.3. The van der Waals surface area contributed by atoms with E-state index in [1.165, 1.54) is 0 Å². The highest BCUT2D eigenvalue weighted by molar-refractivity contribution is 6.32. The first-order valence-electron chi connectivity index (χ1n) is 6.28. The number of carboxylic acid groups (broad SMARTS) is 1. The molecule has 1 aromatic heterocycles. The van der Waals surface area contributed by atoms with Crippen LogP contribution in [0.15, 0.2) is 52.9 Å². The highest BCUT2D eigenvalue weighted by atomic mass is 35.5. The fourth-order valence-electron chi connectivity index (χ4n) is 2.13. The second-order valence-corrected chi connectivity index (χ2v) is 4.84. The van der Waals surface area contributed by atoms with Gasteiger partial charge < -0.3 is 14.3 Å². The van der Waals surface area contributed by atoms with E-state index in [4.69, 9.17) is 20.8 Å². The lowest BCUT2D eigenvalue weighted by Crippen LogP contribution is -2.03. The van der Waals surface area contributed by atoms with Crippen LogP contribution >= 0.6 is 11.6 Å². The minimum atomic E-state index is -1.12. The molecule has 0 aliphatic rings. The molecule has 0 atom stereocenters. The van der Waals surface area contributed by atoms with Gasteiger partial charge >= 0.3 is 5.97 Å². The minimum absolute atomic E-state index is 0.0718. The summed E-state index contributed by atoms with van der Waals surface area (Å²) in [6.45, 7) is 0.0718. The first-order valence-corrected chi connectivity index (χ1v) is 6.65. The van der Waals surface area contributed by atoms with E-state index in [0.29, 0.717) is 21.9 Å². The van der Waals surface area contributed by atoms with Crippen molar-refractivity contribution >= 4 is 28.5 Å². The summed E-state index contributed by atoms with van der Waals surface area (Å²) >= 11 is 6.02. The molecule has 1 heterocycles. The average molecular weight is 303 g/mol. The summed E-state index contributed by atoms with van der Waals surface area (Å²) < 4.78 is 11.0. The Morgan fingerprint density at radius 2 is 1.86 bits per heavy atom. The van der Waals surface area contributed by atoms with Crippen molar-refractivity contribution in [3.8, 4) is 5.75 Å². The molecule has 0 saturated heterocycles. The fraction of sp³-hybridized carbons (Fsp3) is 0.0625. The molecular weight excluding hydrogens is 292 g/mol. The molecule has 2 aromatic carbocycles. The Kier molecular flexibility index (Phi) is 3.54. The Labute approximate surface area is 125 Å². The zero-order valence-electron chi connectivity index (χ0n) is 10.9. The van der Waals surface area contributed by atoms with E-state index in [9.17, 15) is 9.90 Å². The van der Waals surface area contributed by atoms with Crippen LogP contribution in [0.5, 0.6) is 5.75 Å². The van der Waals surface area contributed by atoms with Gasteiger partial charge in [-0.2, -0.15) is 0 Å². The maximum Gasteiger partial charge on any atom is 0.372 e. The average Bonchev–Trinajstić information content (AvgIpc) is 2.85. The molecule has 3 aromatic rings. The van der Waals surface area contributed by atoms with Gasteiger partial charge in [-0.1, -0.05) is 41.9 Å². The molecule has 1 N–H and O–H groups in total. The maximum atomic E-state index is 11.3. The summed E-state index contributed by atoms with van der Waals surface area (Å²) in [5.74, 6) is -0.729. The highest BCUT2D eigenvalue weighted by Gasteiger charge is 2.20. The van der Waals surface area contributed by atoms with E-state index in [1.807, 2.05) is 6.07 Å². The Morgan fingerprint density at radius 3 is 2.62 bits per heavy atom. The van der Waals surface area contributed by atoms with Crippen LogP contribution in [0.3, 0.4) is 0 Å². The van der Waals surface area contributed by atoms with Crippen molar-refractivity contribution in [3.63, 3.8) is 0 Å². The van der Waals surface area contributed by atoms with E-state index in [1.54, 1.807) is 42.5 Å². The molecule has 0 radical (unpaired) electrons. The summed E-state index contributed by atoms with van der Waals surface area (Å²) in [5.41, 5.74) is 1.02. The third-order valence-corrected chi connectivity index (χ3v) is 3.41. The fourth-order valence-corrected chi connectivity index (χ4v) is 2.32. The maximum absolute atomic E-state index is 11.3. The van der Waals surface area contributed by atoms with Crippen molar-refractivity contribution in [3.05, 3.63) is 64.9 Å². The molecule has 0 fully saturated rings. The lowest BCUT2D eigenvalue weighted by molar-refractivity contribution is 0.0661. The van der Waals surface area contributed by atoms with E-state index in [-0.39, 0.29) is 12.4 Å². The van der Waals surface area contributed by atoms with Crippen LogP contribution in [-0.2, 0) is 6.61 Å². The van der Waals surface area contributed by atoms with Crippen LogP contribution in [0.25, 0.3) is 11.0 Å². The largest absolute Gasteiger partial charge is 0.487 e. The molecule has 0 amide bonds. The lowest BCUT2D eigenvalue weighted by atomic mass is 10.1. The summed E-state index contributed by atoms with van der Waals surface area (Å²) in [7, 11) is 0. The minimum Gasteiger partial charge on any atom is -0.487 e. The van der Waals surface area contributed by atoms with Crippen LogP contribution in [0, 0.1) is 0 Å². The van der Waals surface area contributed by atoms with Gasteiger partial charge in [0.2, 0.25) is 5.76 Å². The first-order chi connectivity index (χ1) is 10.2. The van der Waals surface area contributed by atoms with Crippen LogP contribution < -0.4 is 4.74 Å². The second kappa shape index (κ2) is 5.50. The van der Waals surface area contributed by atoms with Crippen LogP contribution in [0.1, 0.15) is 16.1 Å². The zero-order chi connectivity index (χ0) is 14.8. The number of halogens is 1. The Hall–Kier alpha value is -2.46. The van der Waals surface area contributed by atoms with Crippen molar-refractivity contribution < 1.29 is 19.1 Å². The van der Waals surface area contributed by atoms with E-state index in [2.05, 4.69) is 0 Å². The number of hydrogen-bond donors (Lipinski definition) is 1. The predicted octanol–water partition coefficient (Wildman–Crippen LogP) is 4.36. The van der Waals surface area contributed by atoms with E-state index >= 15 is 0 Å². The van der Waals surface area contributed by atoms with Gasteiger partial charge in [0.05, 0.1) is 10.6 Å². The van der Waals surface area contributed by atoms with Gasteiger partial charge in [0, 0.05) is 5.39 Å². The molecular formula is C16H11ClO4. The molecule has 0 spiro atoms. The molecule has 0 unspecified atom stereocenters. The molecule has 106 valence electrons. The first kappa shape index (κ1) is 13.5. The number of carboxylic acids is 1. The number of fused-ring (bicyclic) bond motifs is 1. The number of ether oxygens (including phenoxy) is 1. The zero-order valence-corrected chi connectivity index (χ0v) is 11.6. The quantitative estimate of drug-likeness (QED) is 0.777. The van der Waals surface area contributed by atoms with E-state index in [0.717, 1.165) is 5.39 Å². The number of aromatic carboxylic acids is 1. The Balaban J connectivity index is 1.98. The Morgan fingerprint density at radius 1 is 1.14 bits per heavy atom. The number of hydrogen-bond acceptors (Lipinski definition) is 3. The van der Waals surface area contributed by atoms with Gasteiger partial charge in [0.25, 0.3) is 0 Å². The van der Waals surface area contributed by atoms with Gasteiger partial charge in [0.1, 0.15) is 17.9 Å². The van der Waals surface area contributed by atoms with Crippen molar-refractivity contribution in [1.29, 1.82) is 0 Å². The Bertz CT molecular complexity index is 807. The van der Waals surface area contributed by atoms with Gasteiger partial charge in [-0.05, 0) is 18.2 Å². The van der Waals surface area contributed by atoms with Crippen LogP contribution in [0.4, 0.5) is 0 Å². The summed E-state index contributed by atoms with van der Waals surface area (Å²) in [6.07, 6.45) is 0. The van der Waals surface area contributed by atoms with E-state index < -0.39 is 5.97 Å².